The van der Waals surface area contributed by atoms with Crippen LogP contribution in [0, 0.1) is 0 Å². The van der Waals surface area contributed by atoms with Crippen molar-refractivity contribution in [1.29, 1.82) is 0 Å². The van der Waals surface area contributed by atoms with Gasteiger partial charge >= 0.3 is 37.7 Å². The number of halogens is 2. The van der Waals surface area contributed by atoms with Crippen molar-refractivity contribution < 1.29 is 25.4 Å². The summed E-state index contributed by atoms with van der Waals surface area (Å²) in [4.78, 5) is 0. The second kappa shape index (κ2) is 5.88. The fraction of sp³-hybridized carbons (Fsp3) is 0. The van der Waals surface area contributed by atoms with Gasteiger partial charge in [0.05, 0.1) is 0 Å². The van der Waals surface area contributed by atoms with Crippen LogP contribution in [0.2, 0.25) is 0 Å². The van der Waals surface area contributed by atoms with Crippen LogP contribution >= 0.6 is 10.7 Å². The van der Waals surface area contributed by atoms with Gasteiger partial charge in [-0.3, -0.25) is 0 Å². The Bertz CT molecular complexity index is 96.1. The molecule has 0 spiro atoms. The largest absolute Gasteiger partial charge is 2.00 e. The molecule has 0 saturated carbocycles. The molecule has 0 rings (SSSR count). The minimum atomic E-state index is -4.44. The third-order valence-corrected chi connectivity index (χ3v) is 0. The van der Waals surface area contributed by atoms with Gasteiger partial charge < -0.3 is 17.0 Å². The second-order valence-corrected chi connectivity index (χ2v) is 2.31. The molecule has 40 valence electrons. The molecule has 0 N–H and O–H groups in total. The molecule has 0 aromatic rings. The van der Waals surface area contributed by atoms with Crippen molar-refractivity contribution in [1.82, 2.24) is 0 Å². The standard InChI is InChI=1S/Ca.ClHO3S.ClH/c;1-5(2,3)4;/h;(H,2,3,4);1H/q+2;;/p-2. The first-order valence-corrected chi connectivity index (χ1v) is 2.89. The van der Waals surface area contributed by atoms with E-state index in [0.717, 1.165) is 0 Å². The van der Waals surface area contributed by atoms with E-state index in [9.17, 15) is 0 Å². The first-order valence-electron chi connectivity index (χ1n) is 0.654. The van der Waals surface area contributed by atoms with Crippen molar-refractivity contribution in [2.24, 2.45) is 0 Å². The Morgan fingerprint density at radius 3 is 1.43 bits per heavy atom. The summed E-state index contributed by atoms with van der Waals surface area (Å²) < 4.78 is 26.5. The van der Waals surface area contributed by atoms with Crippen LogP contribution in [0.3, 0.4) is 0 Å². The molecule has 0 saturated heterocycles. The number of hydrogen-bond acceptors (Lipinski definition) is 3. The first kappa shape index (κ1) is 15.9. The molecule has 0 aromatic carbocycles. The fourth-order valence-electron chi connectivity index (χ4n) is 0. The van der Waals surface area contributed by atoms with Crippen LogP contribution < -0.4 is 12.4 Å². The third kappa shape index (κ3) is 83.7. The van der Waals surface area contributed by atoms with Gasteiger partial charge in [-0.15, -0.1) is 0 Å². The van der Waals surface area contributed by atoms with Crippen LogP contribution in [-0.2, 0) is 9.33 Å². The summed E-state index contributed by atoms with van der Waals surface area (Å²) in [7, 11) is -0.498. The molecule has 0 bridgehead atoms. The van der Waals surface area contributed by atoms with Crippen molar-refractivity contribution in [2.75, 3.05) is 0 Å². The van der Waals surface area contributed by atoms with Crippen molar-refractivity contribution in [2.45, 2.75) is 0 Å². The zero-order valence-electron chi connectivity index (χ0n) is 3.10. The quantitative estimate of drug-likeness (QED) is 0.225. The number of rotatable bonds is 0. The molecular weight excluding hydrogens is 191 g/mol. The summed E-state index contributed by atoms with van der Waals surface area (Å²) in [5.41, 5.74) is 0. The molecule has 0 radical (unpaired) electrons. The normalized spacial score (nSPS) is 8.29. The Morgan fingerprint density at radius 2 is 1.43 bits per heavy atom. The van der Waals surface area contributed by atoms with Gasteiger partial charge in [-0.1, -0.05) is 0 Å². The summed E-state index contributed by atoms with van der Waals surface area (Å²) in [6.45, 7) is 0. The molecule has 0 atom stereocenters. The summed E-state index contributed by atoms with van der Waals surface area (Å²) in [6.07, 6.45) is 0. The van der Waals surface area contributed by atoms with Crippen LogP contribution in [0.4, 0.5) is 0 Å². The minimum absolute atomic E-state index is 0. The molecule has 7 heteroatoms. The predicted molar refractivity (Wildman–Crippen MR) is 21.3 cm³/mol. The molecule has 0 aliphatic carbocycles. The zero-order valence-corrected chi connectivity index (χ0v) is 7.63. The Kier molecular flexibility index (Phi) is 13.3. The van der Waals surface area contributed by atoms with E-state index in [1.165, 1.54) is 0 Å². The van der Waals surface area contributed by atoms with E-state index in [4.69, 9.17) is 13.0 Å². The van der Waals surface area contributed by atoms with Crippen molar-refractivity contribution in [3.05, 3.63) is 0 Å². The van der Waals surface area contributed by atoms with E-state index >= 15 is 0 Å². The smallest absolute Gasteiger partial charge is 1.00 e. The van der Waals surface area contributed by atoms with Crippen LogP contribution in [0.15, 0.2) is 0 Å². The van der Waals surface area contributed by atoms with Gasteiger partial charge in [0.2, 0.25) is 0 Å². The van der Waals surface area contributed by atoms with Gasteiger partial charge in [-0.25, -0.2) is 8.42 Å². The Morgan fingerprint density at radius 1 is 1.43 bits per heavy atom. The van der Waals surface area contributed by atoms with Gasteiger partial charge in [0.15, 0.2) is 9.33 Å². The second-order valence-electron chi connectivity index (χ2n) is 0.393. The Hall–Kier alpha value is 1.75. The maximum Gasteiger partial charge on any atom is 2.00 e. The molecule has 0 fully saturated rings. The van der Waals surface area contributed by atoms with Crippen molar-refractivity contribution in [3.63, 3.8) is 0 Å². The SMILES string of the molecule is O=S(=O)([O-])Cl.[Ca+2].[Cl-]. The van der Waals surface area contributed by atoms with Gasteiger partial charge in [0.1, 0.15) is 0 Å². The van der Waals surface area contributed by atoms with Gasteiger partial charge in [0, 0.05) is 10.7 Å². The van der Waals surface area contributed by atoms with Crippen LogP contribution in [-0.4, -0.2) is 50.7 Å². The van der Waals surface area contributed by atoms with Crippen molar-refractivity contribution in [3.8, 4) is 0 Å². The van der Waals surface area contributed by atoms with E-state index in [2.05, 4.69) is 10.7 Å². The van der Waals surface area contributed by atoms with E-state index in [1.807, 2.05) is 0 Å². The van der Waals surface area contributed by atoms with Gasteiger partial charge in [-0.2, -0.15) is 0 Å². The molecular formula is CaCl2O3S. The maximum atomic E-state index is 8.84. The van der Waals surface area contributed by atoms with Crippen LogP contribution in [0.1, 0.15) is 0 Å². The van der Waals surface area contributed by atoms with Crippen LogP contribution in [0.5, 0.6) is 0 Å². The Labute approximate surface area is 82.1 Å². The molecule has 0 amide bonds. The molecule has 3 nitrogen and oxygen atoms in total. The summed E-state index contributed by atoms with van der Waals surface area (Å²) in [5.74, 6) is 0. The monoisotopic (exact) mass is 190 g/mol. The summed E-state index contributed by atoms with van der Waals surface area (Å²) >= 11 is 0. The van der Waals surface area contributed by atoms with E-state index in [-0.39, 0.29) is 50.1 Å². The molecule has 0 heterocycles. The molecule has 0 aliphatic rings. The topological polar surface area (TPSA) is 57.2 Å². The van der Waals surface area contributed by atoms with Crippen LogP contribution in [0.25, 0.3) is 0 Å². The molecule has 0 aliphatic heterocycles. The molecule has 7 heavy (non-hydrogen) atoms. The average Bonchev–Trinajstić information content (AvgIpc) is 0.722. The van der Waals surface area contributed by atoms with E-state index in [1.54, 1.807) is 0 Å². The van der Waals surface area contributed by atoms with Crippen molar-refractivity contribution >= 4 is 57.8 Å². The average molecular weight is 191 g/mol. The van der Waals surface area contributed by atoms with E-state index in [0.29, 0.717) is 0 Å². The zero-order chi connectivity index (χ0) is 4.50. The number of hydrogen-bond donors (Lipinski definition) is 0. The summed E-state index contributed by atoms with van der Waals surface area (Å²) in [6, 6.07) is 0. The Balaban J connectivity index is -0.0000000800. The molecule has 0 unspecified atom stereocenters. The molecule has 0 aromatic heterocycles. The van der Waals surface area contributed by atoms with Gasteiger partial charge in [0.25, 0.3) is 0 Å². The maximum absolute atomic E-state index is 8.84. The predicted octanol–water partition coefficient (Wildman–Crippen LogP) is -3.69. The third-order valence-electron chi connectivity index (χ3n) is 0. The summed E-state index contributed by atoms with van der Waals surface area (Å²) in [5, 5.41) is 0. The minimum Gasteiger partial charge on any atom is -1.00 e. The first-order chi connectivity index (χ1) is 2.00. The van der Waals surface area contributed by atoms with E-state index < -0.39 is 9.33 Å². The van der Waals surface area contributed by atoms with Gasteiger partial charge in [-0.05, 0) is 0 Å². The fourth-order valence-corrected chi connectivity index (χ4v) is 0.